The molecule has 0 bridgehead atoms. The average Bonchev–Trinajstić information content (AvgIpc) is 2.36. The van der Waals surface area contributed by atoms with Gasteiger partial charge in [-0.2, -0.15) is 5.26 Å². The Morgan fingerprint density at radius 1 is 1.00 bits per heavy atom. The van der Waals surface area contributed by atoms with Crippen LogP contribution in [0.1, 0.15) is 86.0 Å². The van der Waals surface area contributed by atoms with E-state index in [-0.39, 0.29) is 11.3 Å². The number of amides is 1. The molecule has 0 saturated heterocycles. The van der Waals surface area contributed by atoms with Gasteiger partial charge in [-0.25, -0.2) is 0 Å². The third-order valence-electron chi connectivity index (χ3n) is 4.12. The van der Waals surface area contributed by atoms with E-state index in [1.165, 1.54) is 32.1 Å². The van der Waals surface area contributed by atoms with Crippen LogP contribution >= 0.6 is 0 Å². The monoisotopic (exact) mass is 280 g/mol. The number of nitrogens with zero attached hydrogens (tertiary/aromatic N) is 1. The minimum absolute atomic E-state index is 0.00228. The second kappa shape index (κ2) is 9.00. The molecule has 1 unspecified atom stereocenters. The Hall–Kier alpha value is -1.04. The Labute approximate surface area is 125 Å². The van der Waals surface area contributed by atoms with Gasteiger partial charge in [-0.15, -0.1) is 0 Å². The second-order valence-corrected chi connectivity index (χ2v) is 6.91. The normalized spacial score (nSPS) is 14.4. The summed E-state index contributed by atoms with van der Waals surface area (Å²) in [4.78, 5) is 11.9. The van der Waals surface area contributed by atoms with Gasteiger partial charge in [0.15, 0.2) is 0 Å². The predicted molar refractivity (Wildman–Crippen MR) is 84.2 cm³/mol. The molecule has 0 aromatic heterocycles. The zero-order valence-corrected chi connectivity index (χ0v) is 14.0. The maximum absolute atomic E-state index is 11.9. The van der Waals surface area contributed by atoms with E-state index in [9.17, 15) is 10.1 Å². The van der Waals surface area contributed by atoms with Crippen LogP contribution in [-0.4, -0.2) is 11.4 Å². The molecule has 1 amide bonds. The van der Waals surface area contributed by atoms with Gasteiger partial charge < -0.3 is 5.32 Å². The van der Waals surface area contributed by atoms with E-state index in [4.69, 9.17) is 0 Å². The lowest BCUT2D eigenvalue weighted by Crippen LogP contribution is -2.53. The van der Waals surface area contributed by atoms with Crippen LogP contribution in [0.5, 0.6) is 0 Å². The highest BCUT2D eigenvalue weighted by Crippen LogP contribution is 2.29. The van der Waals surface area contributed by atoms with Crippen molar-refractivity contribution in [2.75, 3.05) is 0 Å². The Balaban J connectivity index is 3.92. The van der Waals surface area contributed by atoms with E-state index in [1.807, 2.05) is 20.8 Å². The molecule has 0 aromatic carbocycles. The lowest BCUT2D eigenvalue weighted by molar-refractivity contribution is -0.123. The molecule has 3 heteroatoms. The summed E-state index contributed by atoms with van der Waals surface area (Å²) in [5, 5.41) is 12.2. The highest BCUT2D eigenvalue weighted by molar-refractivity contribution is 5.77. The maximum Gasteiger partial charge on any atom is 0.221 e. The molecule has 1 N–H and O–H groups in total. The van der Waals surface area contributed by atoms with Crippen LogP contribution in [0.3, 0.4) is 0 Å². The van der Waals surface area contributed by atoms with Crippen LogP contribution < -0.4 is 5.32 Å². The van der Waals surface area contributed by atoms with E-state index < -0.39 is 5.54 Å². The van der Waals surface area contributed by atoms with Crippen LogP contribution in [0, 0.1) is 16.7 Å². The molecular formula is C17H32N2O. The van der Waals surface area contributed by atoms with Gasteiger partial charge in [-0.3, -0.25) is 4.79 Å². The molecule has 1 atom stereocenters. The fraction of sp³-hybridized carbons (Fsp3) is 0.882. The summed E-state index contributed by atoms with van der Waals surface area (Å²) in [7, 11) is 0. The first-order valence-electron chi connectivity index (χ1n) is 7.99. The van der Waals surface area contributed by atoms with Crippen molar-refractivity contribution in [1.29, 1.82) is 5.26 Å². The number of hydrogen-bond donors (Lipinski definition) is 1. The summed E-state index contributed by atoms with van der Waals surface area (Å²) in [6.07, 6.45) is 8.92. The van der Waals surface area contributed by atoms with Crippen molar-refractivity contribution in [3.05, 3.63) is 0 Å². The van der Waals surface area contributed by atoms with Gasteiger partial charge >= 0.3 is 0 Å². The molecule has 0 fully saturated rings. The molecule has 0 saturated carbocycles. The quantitative estimate of drug-likeness (QED) is 0.629. The average molecular weight is 280 g/mol. The number of unbranched alkanes of at least 4 members (excludes halogenated alkanes) is 6. The van der Waals surface area contributed by atoms with Crippen molar-refractivity contribution in [2.24, 2.45) is 5.41 Å². The summed E-state index contributed by atoms with van der Waals surface area (Å²) in [5.74, 6) is -0.00228. The first kappa shape index (κ1) is 19.0. The van der Waals surface area contributed by atoms with Gasteiger partial charge in [-0.1, -0.05) is 66.2 Å². The lowest BCUT2D eigenvalue weighted by atomic mass is 9.76. The predicted octanol–water partition coefficient (Wildman–Crippen LogP) is 4.57. The molecule has 0 aliphatic heterocycles. The van der Waals surface area contributed by atoms with Crippen LogP contribution in [0.15, 0.2) is 0 Å². The molecule has 0 aliphatic carbocycles. The van der Waals surface area contributed by atoms with Crippen molar-refractivity contribution >= 4 is 5.91 Å². The fourth-order valence-electron chi connectivity index (χ4n) is 1.97. The smallest absolute Gasteiger partial charge is 0.221 e. The third-order valence-corrected chi connectivity index (χ3v) is 4.12. The Morgan fingerprint density at radius 3 is 1.95 bits per heavy atom. The van der Waals surface area contributed by atoms with Crippen LogP contribution in [0.2, 0.25) is 0 Å². The van der Waals surface area contributed by atoms with Gasteiger partial charge in [0.1, 0.15) is 5.54 Å². The van der Waals surface area contributed by atoms with Crippen molar-refractivity contribution in [3.63, 3.8) is 0 Å². The Morgan fingerprint density at radius 2 is 1.50 bits per heavy atom. The van der Waals surface area contributed by atoms with Crippen LogP contribution in [-0.2, 0) is 4.79 Å². The van der Waals surface area contributed by atoms with Gasteiger partial charge in [0, 0.05) is 6.42 Å². The summed E-state index contributed by atoms with van der Waals surface area (Å²) < 4.78 is 0. The molecule has 20 heavy (non-hydrogen) atoms. The van der Waals surface area contributed by atoms with Crippen LogP contribution in [0.25, 0.3) is 0 Å². The highest BCUT2D eigenvalue weighted by atomic mass is 16.1. The molecule has 0 radical (unpaired) electrons. The van der Waals surface area contributed by atoms with E-state index in [0.29, 0.717) is 6.42 Å². The number of rotatable bonds is 9. The van der Waals surface area contributed by atoms with Crippen molar-refractivity contribution in [1.82, 2.24) is 5.32 Å². The molecule has 116 valence electrons. The molecule has 0 aliphatic rings. The highest BCUT2D eigenvalue weighted by Gasteiger charge is 2.38. The molecule has 0 spiro atoms. The first-order chi connectivity index (χ1) is 9.27. The number of carbonyl (C=O) groups excluding carboxylic acids is 1. The molecule has 3 nitrogen and oxygen atoms in total. The second-order valence-electron chi connectivity index (χ2n) is 6.91. The number of hydrogen-bond acceptors (Lipinski definition) is 2. The minimum Gasteiger partial charge on any atom is -0.338 e. The standard InChI is InChI=1S/C17H32N2O/c1-6-7-8-9-10-11-12-13-15(20)19-17(5,14-18)16(2,3)4/h6-13H2,1-5H3,(H,19,20). The summed E-state index contributed by atoms with van der Waals surface area (Å²) in [6, 6.07) is 2.24. The van der Waals surface area contributed by atoms with Gasteiger partial charge in [0.05, 0.1) is 6.07 Å². The molecule has 0 aromatic rings. The van der Waals surface area contributed by atoms with E-state index >= 15 is 0 Å². The summed E-state index contributed by atoms with van der Waals surface area (Å²) in [5.41, 5.74) is -1.07. The number of nitrogens with one attached hydrogen (secondary N) is 1. The zero-order chi connectivity index (χ0) is 15.6. The topological polar surface area (TPSA) is 52.9 Å². The fourth-order valence-corrected chi connectivity index (χ4v) is 1.97. The maximum atomic E-state index is 11.9. The van der Waals surface area contributed by atoms with Crippen LogP contribution in [0.4, 0.5) is 0 Å². The number of nitriles is 1. The SMILES string of the molecule is CCCCCCCCCC(=O)NC(C)(C#N)C(C)(C)C. The molecular weight excluding hydrogens is 248 g/mol. The van der Waals surface area contributed by atoms with Crippen molar-refractivity contribution < 1.29 is 4.79 Å². The largest absolute Gasteiger partial charge is 0.338 e. The minimum atomic E-state index is -0.800. The van der Waals surface area contributed by atoms with E-state index in [0.717, 1.165) is 12.8 Å². The number of carbonyl (C=O) groups is 1. The van der Waals surface area contributed by atoms with E-state index in [2.05, 4.69) is 18.3 Å². The molecule has 0 rings (SSSR count). The van der Waals surface area contributed by atoms with Crippen molar-refractivity contribution in [2.45, 2.75) is 91.5 Å². The summed E-state index contributed by atoms with van der Waals surface area (Å²) in [6.45, 7) is 9.94. The first-order valence-corrected chi connectivity index (χ1v) is 7.99. The van der Waals surface area contributed by atoms with Gasteiger partial charge in [-0.05, 0) is 18.8 Å². The van der Waals surface area contributed by atoms with Crippen molar-refractivity contribution in [3.8, 4) is 6.07 Å². The zero-order valence-electron chi connectivity index (χ0n) is 14.0. The van der Waals surface area contributed by atoms with Gasteiger partial charge in [0.25, 0.3) is 0 Å². The third kappa shape index (κ3) is 6.93. The van der Waals surface area contributed by atoms with Gasteiger partial charge in [0.2, 0.25) is 5.91 Å². The molecule has 0 heterocycles. The lowest BCUT2D eigenvalue weighted by Gasteiger charge is -2.36. The van der Waals surface area contributed by atoms with E-state index in [1.54, 1.807) is 6.92 Å². The Kier molecular flexibility index (Phi) is 8.53. The Bertz CT molecular complexity index is 325. The summed E-state index contributed by atoms with van der Waals surface area (Å²) >= 11 is 0.